The van der Waals surface area contributed by atoms with Gasteiger partial charge in [0.05, 0.1) is 0 Å². The summed E-state index contributed by atoms with van der Waals surface area (Å²) in [6, 6.07) is 9.01. The van der Waals surface area contributed by atoms with Gasteiger partial charge < -0.3 is 10.4 Å². The van der Waals surface area contributed by atoms with Gasteiger partial charge >= 0.3 is 0 Å². The Hall–Kier alpha value is -0.170. The van der Waals surface area contributed by atoms with Crippen LogP contribution in [-0.4, -0.2) is 42.8 Å². The van der Waals surface area contributed by atoms with Crippen molar-refractivity contribution in [3.63, 3.8) is 0 Å². The number of rotatable bonds is 4. The molecule has 0 saturated carbocycles. The van der Waals surface area contributed by atoms with Crippen molar-refractivity contribution < 1.29 is 5.11 Å². The van der Waals surface area contributed by atoms with Crippen LogP contribution in [0.3, 0.4) is 0 Å². The Kier molecular flexibility index (Phi) is 5.21. The molecule has 4 heteroatoms. The fourth-order valence-electron chi connectivity index (χ4n) is 2.36. The lowest BCUT2D eigenvalue weighted by atomic mass is 10.0. The van der Waals surface area contributed by atoms with Gasteiger partial charge in [-0.15, -0.1) is 0 Å². The molecular weight excluding hydrogens is 327 g/mol. The Balaban J connectivity index is 2.12. The fraction of sp³-hybridized carbons (Fsp3) is 0.538. The Morgan fingerprint density at radius 2 is 1.88 bits per heavy atom. The van der Waals surface area contributed by atoms with Gasteiger partial charge in [0.2, 0.25) is 0 Å². The average molecular weight is 346 g/mol. The van der Waals surface area contributed by atoms with E-state index in [2.05, 4.69) is 57.1 Å². The number of nitrogens with zero attached hydrogens (tertiary/aromatic N) is 1. The van der Waals surface area contributed by atoms with E-state index in [1.807, 2.05) is 0 Å². The van der Waals surface area contributed by atoms with Gasteiger partial charge in [0.1, 0.15) is 0 Å². The van der Waals surface area contributed by atoms with E-state index in [4.69, 9.17) is 0 Å². The van der Waals surface area contributed by atoms with Crippen LogP contribution in [0, 0.1) is 3.57 Å². The molecular formula is C13H19IN2O. The molecule has 1 aromatic carbocycles. The second kappa shape index (κ2) is 6.68. The van der Waals surface area contributed by atoms with Crippen molar-refractivity contribution in [2.45, 2.75) is 12.5 Å². The quantitative estimate of drug-likeness (QED) is 0.814. The topological polar surface area (TPSA) is 35.5 Å². The molecule has 17 heavy (non-hydrogen) atoms. The monoisotopic (exact) mass is 346 g/mol. The summed E-state index contributed by atoms with van der Waals surface area (Å²) in [4.78, 5) is 2.47. The second-order valence-corrected chi connectivity index (χ2v) is 5.61. The van der Waals surface area contributed by atoms with Crippen LogP contribution in [0.15, 0.2) is 24.3 Å². The number of piperazine rings is 1. The average Bonchev–Trinajstić information content (AvgIpc) is 2.38. The molecule has 0 spiro atoms. The molecule has 0 amide bonds. The first-order valence-electron chi connectivity index (χ1n) is 6.12. The molecule has 0 aromatic heterocycles. The SMILES string of the molecule is OCC[C@H](c1ccc(I)cc1)N1CCNCC1. The summed E-state index contributed by atoms with van der Waals surface area (Å²) >= 11 is 2.32. The highest BCUT2D eigenvalue weighted by Gasteiger charge is 2.21. The van der Waals surface area contributed by atoms with E-state index in [9.17, 15) is 5.11 Å². The first kappa shape index (κ1) is 13.3. The summed E-state index contributed by atoms with van der Waals surface area (Å²) in [7, 11) is 0. The van der Waals surface area contributed by atoms with Crippen molar-refractivity contribution >= 4 is 22.6 Å². The van der Waals surface area contributed by atoms with E-state index in [1.165, 1.54) is 9.13 Å². The Morgan fingerprint density at radius 1 is 1.24 bits per heavy atom. The van der Waals surface area contributed by atoms with Crippen LogP contribution in [0.2, 0.25) is 0 Å². The van der Waals surface area contributed by atoms with E-state index in [0.29, 0.717) is 6.04 Å². The third-order valence-electron chi connectivity index (χ3n) is 3.25. The van der Waals surface area contributed by atoms with Gasteiger partial charge in [-0.3, -0.25) is 4.90 Å². The molecule has 1 saturated heterocycles. The maximum atomic E-state index is 9.24. The van der Waals surface area contributed by atoms with Crippen molar-refractivity contribution in [2.24, 2.45) is 0 Å². The van der Waals surface area contributed by atoms with E-state index in [-0.39, 0.29) is 6.61 Å². The number of benzene rings is 1. The second-order valence-electron chi connectivity index (χ2n) is 4.37. The lowest BCUT2D eigenvalue weighted by molar-refractivity contribution is 0.141. The lowest BCUT2D eigenvalue weighted by Crippen LogP contribution is -2.45. The van der Waals surface area contributed by atoms with Crippen LogP contribution in [0.4, 0.5) is 0 Å². The highest BCUT2D eigenvalue weighted by atomic mass is 127. The number of nitrogens with one attached hydrogen (secondary N) is 1. The molecule has 3 nitrogen and oxygen atoms in total. The van der Waals surface area contributed by atoms with E-state index in [1.54, 1.807) is 0 Å². The summed E-state index contributed by atoms with van der Waals surface area (Å²) in [6.45, 7) is 4.48. The van der Waals surface area contributed by atoms with Gasteiger partial charge in [0.15, 0.2) is 0 Å². The molecule has 1 heterocycles. The molecule has 0 unspecified atom stereocenters. The maximum Gasteiger partial charge on any atom is 0.0449 e. The molecule has 1 fully saturated rings. The molecule has 0 bridgehead atoms. The predicted octanol–water partition coefficient (Wildman–Crippen LogP) is 1.62. The molecule has 2 rings (SSSR count). The molecule has 94 valence electrons. The van der Waals surface area contributed by atoms with Crippen LogP contribution in [-0.2, 0) is 0 Å². The van der Waals surface area contributed by atoms with Gasteiger partial charge in [0, 0.05) is 42.4 Å². The highest BCUT2D eigenvalue weighted by molar-refractivity contribution is 14.1. The lowest BCUT2D eigenvalue weighted by Gasteiger charge is -2.35. The molecule has 0 radical (unpaired) electrons. The van der Waals surface area contributed by atoms with Crippen LogP contribution < -0.4 is 5.32 Å². The van der Waals surface area contributed by atoms with Crippen LogP contribution in [0.5, 0.6) is 0 Å². The largest absolute Gasteiger partial charge is 0.396 e. The van der Waals surface area contributed by atoms with Crippen molar-refractivity contribution in [1.82, 2.24) is 10.2 Å². The number of aliphatic hydroxyl groups excluding tert-OH is 1. The summed E-state index contributed by atoms with van der Waals surface area (Å²) < 4.78 is 1.26. The van der Waals surface area contributed by atoms with Crippen molar-refractivity contribution in [3.8, 4) is 0 Å². The zero-order valence-corrected chi connectivity index (χ0v) is 12.1. The minimum Gasteiger partial charge on any atom is -0.396 e. The number of hydrogen-bond acceptors (Lipinski definition) is 3. The smallest absolute Gasteiger partial charge is 0.0449 e. The Bertz CT molecular complexity index is 336. The first-order valence-corrected chi connectivity index (χ1v) is 7.20. The highest BCUT2D eigenvalue weighted by Crippen LogP contribution is 2.25. The zero-order valence-electron chi connectivity index (χ0n) is 9.90. The van der Waals surface area contributed by atoms with Gasteiger partial charge in [-0.25, -0.2) is 0 Å². The zero-order chi connectivity index (χ0) is 12.1. The summed E-state index contributed by atoms with van der Waals surface area (Å²) in [5, 5.41) is 12.6. The third kappa shape index (κ3) is 3.64. The van der Waals surface area contributed by atoms with Gasteiger partial charge in [-0.05, 0) is 46.7 Å². The van der Waals surface area contributed by atoms with E-state index in [0.717, 1.165) is 32.6 Å². The maximum absolute atomic E-state index is 9.24. The van der Waals surface area contributed by atoms with Gasteiger partial charge in [-0.1, -0.05) is 12.1 Å². The van der Waals surface area contributed by atoms with Crippen molar-refractivity contribution in [2.75, 3.05) is 32.8 Å². The standard InChI is InChI=1S/C13H19IN2O/c14-12-3-1-11(2-4-12)13(5-10-17)16-8-6-15-7-9-16/h1-4,13,15,17H,5-10H2/t13-/m1/s1. The number of hydrogen-bond donors (Lipinski definition) is 2. The Labute approximate surface area is 116 Å². The first-order chi connectivity index (χ1) is 8.31. The van der Waals surface area contributed by atoms with Crippen molar-refractivity contribution in [3.05, 3.63) is 33.4 Å². The van der Waals surface area contributed by atoms with Gasteiger partial charge in [-0.2, -0.15) is 0 Å². The summed E-state index contributed by atoms with van der Waals surface area (Å²) in [5.41, 5.74) is 1.32. The Morgan fingerprint density at radius 3 is 2.47 bits per heavy atom. The van der Waals surface area contributed by atoms with E-state index < -0.39 is 0 Å². The summed E-state index contributed by atoms with van der Waals surface area (Å²) in [5.74, 6) is 0. The van der Waals surface area contributed by atoms with Crippen LogP contribution in [0.25, 0.3) is 0 Å². The number of halogens is 1. The van der Waals surface area contributed by atoms with Crippen LogP contribution >= 0.6 is 22.6 Å². The normalized spacial score (nSPS) is 19.2. The molecule has 1 aromatic rings. The molecule has 1 aliphatic rings. The molecule has 1 atom stereocenters. The predicted molar refractivity (Wildman–Crippen MR) is 78.0 cm³/mol. The fourth-order valence-corrected chi connectivity index (χ4v) is 2.72. The van der Waals surface area contributed by atoms with E-state index >= 15 is 0 Å². The molecule has 0 aliphatic carbocycles. The molecule has 2 N–H and O–H groups in total. The third-order valence-corrected chi connectivity index (χ3v) is 3.97. The minimum atomic E-state index is 0.251. The van der Waals surface area contributed by atoms with Crippen LogP contribution in [0.1, 0.15) is 18.0 Å². The molecule has 1 aliphatic heterocycles. The minimum absolute atomic E-state index is 0.251. The van der Waals surface area contributed by atoms with Gasteiger partial charge in [0.25, 0.3) is 0 Å². The summed E-state index contributed by atoms with van der Waals surface area (Å²) in [6.07, 6.45) is 0.820. The van der Waals surface area contributed by atoms with Crippen molar-refractivity contribution in [1.29, 1.82) is 0 Å². The number of aliphatic hydroxyl groups is 1.